The van der Waals surface area contributed by atoms with Gasteiger partial charge in [-0.3, -0.25) is 9.78 Å². The van der Waals surface area contributed by atoms with Gasteiger partial charge in [0, 0.05) is 30.9 Å². The maximum atomic E-state index is 12.5. The predicted molar refractivity (Wildman–Crippen MR) is 82.2 cm³/mol. The highest BCUT2D eigenvalue weighted by Crippen LogP contribution is 2.20. The summed E-state index contributed by atoms with van der Waals surface area (Å²) < 4.78 is 11.0. The van der Waals surface area contributed by atoms with Crippen LogP contribution in [0.1, 0.15) is 16.8 Å². The van der Waals surface area contributed by atoms with Crippen LogP contribution in [0.4, 0.5) is 0 Å². The van der Waals surface area contributed by atoms with Crippen LogP contribution in [0.3, 0.4) is 0 Å². The van der Waals surface area contributed by atoms with Crippen molar-refractivity contribution < 1.29 is 14.3 Å². The van der Waals surface area contributed by atoms with Gasteiger partial charge in [-0.15, -0.1) is 0 Å². The summed E-state index contributed by atoms with van der Waals surface area (Å²) in [7, 11) is 1.60. The molecule has 2 aromatic rings. The van der Waals surface area contributed by atoms with Crippen LogP contribution in [0.15, 0.2) is 48.8 Å². The van der Waals surface area contributed by atoms with Gasteiger partial charge in [-0.05, 0) is 30.3 Å². The zero-order valence-electron chi connectivity index (χ0n) is 12.4. The van der Waals surface area contributed by atoms with E-state index < -0.39 is 0 Å². The lowest BCUT2D eigenvalue weighted by Gasteiger charge is -2.17. The molecule has 1 saturated heterocycles. The van der Waals surface area contributed by atoms with Crippen molar-refractivity contribution in [3.8, 4) is 11.5 Å². The Kier molecular flexibility index (Phi) is 4.23. The fourth-order valence-electron chi connectivity index (χ4n) is 2.56. The molecule has 1 atom stereocenters. The topological polar surface area (TPSA) is 51.7 Å². The van der Waals surface area contributed by atoms with Crippen molar-refractivity contribution in [3.05, 3.63) is 54.4 Å². The largest absolute Gasteiger partial charge is 0.497 e. The highest BCUT2D eigenvalue weighted by atomic mass is 16.5. The first kappa shape index (κ1) is 14.4. The quantitative estimate of drug-likeness (QED) is 0.869. The molecular formula is C17H18N2O3. The molecule has 22 heavy (non-hydrogen) atoms. The SMILES string of the molecule is COc1cccc(C(=O)N2CC[C@@H](Oc3ccncc3)C2)c1. The number of hydrogen-bond donors (Lipinski definition) is 0. The van der Waals surface area contributed by atoms with Crippen LogP contribution in [0.2, 0.25) is 0 Å². The number of amides is 1. The molecule has 1 fully saturated rings. The van der Waals surface area contributed by atoms with E-state index in [1.165, 1.54) is 0 Å². The van der Waals surface area contributed by atoms with E-state index in [1.54, 1.807) is 25.6 Å². The van der Waals surface area contributed by atoms with Gasteiger partial charge in [-0.2, -0.15) is 0 Å². The Morgan fingerprint density at radius 3 is 2.82 bits per heavy atom. The third kappa shape index (κ3) is 3.19. The molecule has 1 aromatic carbocycles. The second-order valence-corrected chi connectivity index (χ2v) is 5.19. The van der Waals surface area contributed by atoms with Gasteiger partial charge in [0.05, 0.1) is 13.7 Å². The van der Waals surface area contributed by atoms with Gasteiger partial charge in [-0.25, -0.2) is 0 Å². The Balaban J connectivity index is 1.63. The lowest BCUT2D eigenvalue weighted by molar-refractivity contribution is 0.0772. The minimum atomic E-state index is 0.0136. The number of carbonyl (C=O) groups excluding carboxylic acids is 1. The van der Waals surface area contributed by atoms with E-state index in [1.807, 2.05) is 35.2 Å². The van der Waals surface area contributed by atoms with E-state index in [0.29, 0.717) is 24.4 Å². The van der Waals surface area contributed by atoms with Gasteiger partial charge in [0.2, 0.25) is 0 Å². The Labute approximate surface area is 129 Å². The summed E-state index contributed by atoms with van der Waals surface area (Å²) >= 11 is 0. The first-order valence-corrected chi connectivity index (χ1v) is 7.26. The Bertz CT molecular complexity index is 645. The molecule has 0 N–H and O–H groups in total. The summed E-state index contributed by atoms with van der Waals surface area (Å²) in [6.07, 6.45) is 4.25. The number of rotatable bonds is 4. The Hall–Kier alpha value is -2.56. The van der Waals surface area contributed by atoms with Crippen LogP contribution in [0.25, 0.3) is 0 Å². The van der Waals surface area contributed by atoms with Crippen LogP contribution < -0.4 is 9.47 Å². The molecule has 0 bridgehead atoms. The molecule has 0 spiro atoms. The van der Waals surface area contributed by atoms with Crippen molar-refractivity contribution in [2.75, 3.05) is 20.2 Å². The maximum absolute atomic E-state index is 12.5. The number of methoxy groups -OCH3 is 1. The number of pyridine rings is 1. The minimum Gasteiger partial charge on any atom is -0.497 e. The molecule has 0 unspecified atom stereocenters. The van der Waals surface area contributed by atoms with Crippen LogP contribution in [0, 0.1) is 0 Å². The third-order valence-electron chi connectivity index (χ3n) is 3.70. The van der Waals surface area contributed by atoms with Crippen molar-refractivity contribution in [1.82, 2.24) is 9.88 Å². The zero-order chi connectivity index (χ0) is 15.4. The lowest BCUT2D eigenvalue weighted by Crippen LogP contribution is -2.30. The summed E-state index contributed by atoms with van der Waals surface area (Å²) in [4.78, 5) is 18.3. The Morgan fingerprint density at radius 2 is 2.05 bits per heavy atom. The highest BCUT2D eigenvalue weighted by molar-refractivity contribution is 5.94. The van der Waals surface area contributed by atoms with E-state index in [-0.39, 0.29) is 12.0 Å². The summed E-state index contributed by atoms with van der Waals surface area (Å²) in [5.41, 5.74) is 0.643. The average Bonchev–Trinajstić information content (AvgIpc) is 3.03. The van der Waals surface area contributed by atoms with E-state index in [4.69, 9.17) is 9.47 Å². The van der Waals surface area contributed by atoms with E-state index in [9.17, 15) is 4.79 Å². The third-order valence-corrected chi connectivity index (χ3v) is 3.70. The molecule has 0 saturated carbocycles. The zero-order valence-corrected chi connectivity index (χ0v) is 12.4. The van der Waals surface area contributed by atoms with Gasteiger partial charge in [0.15, 0.2) is 0 Å². The Morgan fingerprint density at radius 1 is 1.23 bits per heavy atom. The van der Waals surface area contributed by atoms with E-state index in [2.05, 4.69) is 4.98 Å². The molecule has 1 aliphatic rings. The van der Waals surface area contributed by atoms with Gasteiger partial charge < -0.3 is 14.4 Å². The van der Waals surface area contributed by atoms with Gasteiger partial charge in [-0.1, -0.05) is 6.07 Å². The van der Waals surface area contributed by atoms with Crippen LogP contribution in [-0.2, 0) is 0 Å². The summed E-state index contributed by atoms with van der Waals surface area (Å²) in [6, 6.07) is 10.9. The van der Waals surface area contributed by atoms with Gasteiger partial charge in [0.1, 0.15) is 17.6 Å². The molecule has 2 heterocycles. The molecule has 1 amide bonds. The highest BCUT2D eigenvalue weighted by Gasteiger charge is 2.28. The smallest absolute Gasteiger partial charge is 0.254 e. The lowest BCUT2D eigenvalue weighted by atomic mass is 10.2. The first-order chi connectivity index (χ1) is 10.8. The second kappa shape index (κ2) is 6.47. The molecule has 5 nitrogen and oxygen atoms in total. The van der Waals surface area contributed by atoms with Crippen LogP contribution >= 0.6 is 0 Å². The number of ether oxygens (including phenoxy) is 2. The molecule has 1 aromatic heterocycles. The molecule has 0 aliphatic carbocycles. The summed E-state index contributed by atoms with van der Waals surface area (Å²) in [5, 5.41) is 0. The molecule has 0 radical (unpaired) electrons. The van der Waals surface area contributed by atoms with E-state index in [0.717, 1.165) is 12.2 Å². The number of benzene rings is 1. The van der Waals surface area contributed by atoms with Crippen molar-refractivity contribution in [1.29, 1.82) is 0 Å². The van der Waals surface area contributed by atoms with Crippen molar-refractivity contribution >= 4 is 5.91 Å². The fraction of sp³-hybridized carbons (Fsp3) is 0.294. The number of aromatic nitrogens is 1. The second-order valence-electron chi connectivity index (χ2n) is 5.19. The summed E-state index contributed by atoms with van der Waals surface area (Å²) in [5.74, 6) is 1.49. The monoisotopic (exact) mass is 298 g/mol. The standard InChI is InChI=1S/C17H18N2O3/c1-21-15-4-2-3-13(11-15)17(20)19-10-7-16(12-19)22-14-5-8-18-9-6-14/h2-6,8-9,11,16H,7,10,12H2,1H3/t16-/m1/s1. The fourth-order valence-corrected chi connectivity index (χ4v) is 2.56. The average molecular weight is 298 g/mol. The van der Waals surface area contributed by atoms with E-state index >= 15 is 0 Å². The number of hydrogen-bond acceptors (Lipinski definition) is 4. The molecule has 114 valence electrons. The number of nitrogens with zero attached hydrogens (tertiary/aromatic N) is 2. The van der Waals surface area contributed by atoms with Gasteiger partial charge in [0.25, 0.3) is 5.91 Å². The maximum Gasteiger partial charge on any atom is 0.254 e. The van der Waals surface area contributed by atoms with Crippen LogP contribution in [-0.4, -0.2) is 42.1 Å². The van der Waals surface area contributed by atoms with Crippen molar-refractivity contribution in [2.45, 2.75) is 12.5 Å². The van der Waals surface area contributed by atoms with Crippen molar-refractivity contribution in [2.24, 2.45) is 0 Å². The molecule has 1 aliphatic heterocycles. The molecule has 3 rings (SSSR count). The first-order valence-electron chi connectivity index (χ1n) is 7.26. The number of likely N-dealkylation sites (tertiary alicyclic amines) is 1. The minimum absolute atomic E-state index is 0.0136. The molecular weight excluding hydrogens is 280 g/mol. The molecule has 5 heteroatoms. The number of carbonyl (C=O) groups is 1. The van der Waals surface area contributed by atoms with Crippen molar-refractivity contribution in [3.63, 3.8) is 0 Å². The normalized spacial score (nSPS) is 17.3. The summed E-state index contributed by atoms with van der Waals surface area (Å²) in [6.45, 7) is 1.30. The van der Waals surface area contributed by atoms with Crippen LogP contribution in [0.5, 0.6) is 11.5 Å². The van der Waals surface area contributed by atoms with Gasteiger partial charge >= 0.3 is 0 Å². The predicted octanol–water partition coefficient (Wildman–Crippen LogP) is 2.38.